The van der Waals surface area contributed by atoms with Gasteiger partial charge in [0.2, 0.25) is 5.91 Å². The summed E-state index contributed by atoms with van der Waals surface area (Å²) < 4.78 is 5.68. The predicted octanol–water partition coefficient (Wildman–Crippen LogP) is 4.15. The molecule has 6 nitrogen and oxygen atoms in total. The molecule has 1 heterocycles. The largest absolute Gasteiger partial charge is 0.478 e. The fourth-order valence-electron chi connectivity index (χ4n) is 3.29. The van der Waals surface area contributed by atoms with Gasteiger partial charge in [-0.25, -0.2) is 0 Å². The number of amides is 2. The van der Waals surface area contributed by atoms with E-state index in [1.54, 1.807) is 54.6 Å². The molecule has 3 aromatic carbocycles. The maximum atomic E-state index is 12.6. The van der Waals surface area contributed by atoms with Crippen molar-refractivity contribution in [2.75, 3.05) is 10.6 Å². The van der Waals surface area contributed by atoms with Crippen LogP contribution in [0.25, 0.3) is 0 Å². The lowest BCUT2D eigenvalue weighted by molar-refractivity contribution is -0.128. The van der Waals surface area contributed by atoms with Crippen LogP contribution in [-0.4, -0.2) is 23.0 Å². The lowest BCUT2D eigenvalue weighted by Gasteiger charge is -2.25. The predicted molar refractivity (Wildman–Crippen MR) is 115 cm³/mol. The van der Waals surface area contributed by atoms with E-state index >= 15 is 0 Å². The van der Waals surface area contributed by atoms with Crippen molar-refractivity contribution in [2.24, 2.45) is 0 Å². The Bertz CT molecular complexity index is 1090. The lowest BCUT2D eigenvalue weighted by Crippen LogP contribution is -2.39. The molecule has 152 valence electrons. The molecule has 7 heteroatoms. The van der Waals surface area contributed by atoms with Gasteiger partial charge in [-0.3, -0.25) is 9.59 Å². The molecule has 0 radical (unpaired) electrons. The molecular weight excluding hydrogens is 404 g/mol. The number of aliphatic hydroxyl groups excluding tert-OH is 1. The third-order valence-corrected chi connectivity index (χ3v) is 5.01. The maximum absolute atomic E-state index is 12.6. The first-order valence-electron chi connectivity index (χ1n) is 9.40. The van der Waals surface area contributed by atoms with Gasteiger partial charge in [0, 0.05) is 16.3 Å². The molecule has 0 spiro atoms. The second kappa shape index (κ2) is 8.57. The van der Waals surface area contributed by atoms with Crippen molar-refractivity contribution in [3.05, 3.63) is 88.9 Å². The van der Waals surface area contributed by atoms with Crippen LogP contribution < -0.4 is 15.4 Å². The fraction of sp³-hybridized carbons (Fsp3) is 0.130. The van der Waals surface area contributed by atoms with Crippen molar-refractivity contribution < 1.29 is 19.4 Å². The highest BCUT2D eigenvalue weighted by Crippen LogP contribution is 2.32. The van der Waals surface area contributed by atoms with E-state index in [0.717, 1.165) is 0 Å². The minimum Gasteiger partial charge on any atom is -0.478 e. The summed E-state index contributed by atoms with van der Waals surface area (Å²) in [5.41, 5.74) is 2.12. The molecule has 4 rings (SSSR count). The van der Waals surface area contributed by atoms with Crippen LogP contribution in [0.15, 0.2) is 72.8 Å². The zero-order chi connectivity index (χ0) is 21.1. The normalized spacial score (nSPS) is 16.1. The molecule has 0 fully saturated rings. The second-order valence-corrected chi connectivity index (χ2v) is 7.33. The van der Waals surface area contributed by atoms with Crippen LogP contribution in [0, 0.1) is 0 Å². The van der Waals surface area contributed by atoms with Crippen LogP contribution in [0.3, 0.4) is 0 Å². The van der Waals surface area contributed by atoms with Gasteiger partial charge in [0.25, 0.3) is 5.91 Å². The quantitative estimate of drug-likeness (QED) is 0.576. The van der Waals surface area contributed by atoms with Crippen LogP contribution in [0.4, 0.5) is 11.4 Å². The molecule has 3 aromatic rings. The van der Waals surface area contributed by atoms with Gasteiger partial charge in [0.15, 0.2) is 6.10 Å². The molecule has 2 unspecified atom stereocenters. The number of anilines is 2. The van der Waals surface area contributed by atoms with Gasteiger partial charge in [-0.05, 0) is 35.9 Å². The molecule has 1 aliphatic heterocycles. The van der Waals surface area contributed by atoms with E-state index in [1.807, 2.05) is 18.2 Å². The Kier molecular flexibility index (Phi) is 5.70. The molecule has 2 amide bonds. The number of benzene rings is 3. The highest BCUT2D eigenvalue weighted by atomic mass is 35.5. The second-order valence-electron chi connectivity index (χ2n) is 6.89. The smallest absolute Gasteiger partial charge is 0.266 e. The minimum atomic E-state index is -0.971. The van der Waals surface area contributed by atoms with Gasteiger partial charge in [-0.1, -0.05) is 54.1 Å². The SMILES string of the molecule is O=C(CC1Oc2ccccc2NC1=O)Nc1ccc(Cl)cc1C(O)c1ccccc1. The highest BCUT2D eigenvalue weighted by Gasteiger charge is 2.30. The van der Waals surface area contributed by atoms with E-state index in [9.17, 15) is 14.7 Å². The van der Waals surface area contributed by atoms with Crippen LogP contribution in [-0.2, 0) is 9.59 Å². The number of halogens is 1. The van der Waals surface area contributed by atoms with Gasteiger partial charge >= 0.3 is 0 Å². The van der Waals surface area contributed by atoms with Crippen molar-refractivity contribution in [1.82, 2.24) is 0 Å². The summed E-state index contributed by atoms with van der Waals surface area (Å²) in [4.78, 5) is 24.9. The van der Waals surface area contributed by atoms with E-state index in [2.05, 4.69) is 10.6 Å². The Morgan fingerprint density at radius 1 is 1.10 bits per heavy atom. The Morgan fingerprint density at radius 2 is 1.83 bits per heavy atom. The van der Waals surface area contributed by atoms with Crippen molar-refractivity contribution in [1.29, 1.82) is 0 Å². The van der Waals surface area contributed by atoms with Gasteiger partial charge in [0.05, 0.1) is 12.1 Å². The van der Waals surface area contributed by atoms with E-state index in [-0.39, 0.29) is 12.3 Å². The molecule has 0 aliphatic carbocycles. The molecule has 0 bridgehead atoms. The van der Waals surface area contributed by atoms with Crippen molar-refractivity contribution in [2.45, 2.75) is 18.6 Å². The standard InChI is InChI=1S/C23H19ClN2O4/c24-15-10-11-17(16(12-15)22(28)14-6-2-1-3-7-14)25-21(27)13-20-23(29)26-18-8-4-5-9-19(18)30-20/h1-12,20,22,28H,13H2,(H,25,27)(H,26,29). The van der Waals surface area contributed by atoms with E-state index in [1.165, 1.54) is 0 Å². The minimum absolute atomic E-state index is 0.177. The average Bonchev–Trinajstić information content (AvgIpc) is 2.75. The number of hydrogen-bond acceptors (Lipinski definition) is 4. The first-order chi connectivity index (χ1) is 14.5. The Morgan fingerprint density at radius 3 is 2.63 bits per heavy atom. The van der Waals surface area contributed by atoms with Gasteiger partial charge < -0.3 is 20.5 Å². The van der Waals surface area contributed by atoms with Gasteiger partial charge in [0.1, 0.15) is 11.9 Å². The zero-order valence-electron chi connectivity index (χ0n) is 15.8. The molecule has 2 atom stereocenters. The number of ether oxygens (including phenoxy) is 1. The van der Waals surface area contributed by atoms with E-state index in [4.69, 9.17) is 16.3 Å². The molecule has 0 aromatic heterocycles. The summed E-state index contributed by atoms with van der Waals surface area (Å²) in [6.07, 6.45) is -2.10. The number of aliphatic hydroxyl groups is 1. The zero-order valence-corrected chi connectivity index (χ0v) is 16.6. The van der Waals surface area contributed by atoms with Crippen molar-refractivity contribution >= 4 is 34.8 Å². The average molecular weight is 423 g/mol. The summed E-state index contributed by atoms with van der Waals surface area (Å²) >= 11 is 6.11. The summed E-state index contributed by atoms with van der Waals surface area (Å²) in [6.45, 7) is 0. The molecule has 30 heavy (non-hydrogen) atoms. The van der Waals surface area contributed by atoms with Crippen LogP contribution in [0.2, 0.25) is 5.02 Å². The molecule has 0 saturated heterocycles. The summed E-state index contributed by atoms with van der Waals surface area (Å²) in [6, 6.07) is 21.0. The topological polar surface area (TPSA) is 87.7 Å². The number of para-hydroxylation sites is 2. The Hall–Kier alpha value is -3.35. The highest BCUT2D eigenvalue weighted by molar-refractivity contribution is 6.30. The third kappa shape index (κ3) is 4.30. The molecular formula is C23H19ClN2O4. The number of carbonyl (C=O) groups is 2. The van der Waals surface area contributed by atoms with Crippen LogP contribution in [0.5, 0.6) is 5.75 Å². The first-order valence-corrected chi connectivity index (χ1v) is 9.78. The summed E-state index contributed by atoms with van der Waals surface area (Å²) in [5.74, 6) is -0.288. The molecule has 3 N–H and O–H groups in total. The number of carbonyl (C=O) groups excluding carboxylic acids is 2. The van der Waals surface area contributed by atoms with Gasteiger partial charge in [-0.2, -0.15) is 0 Å². The number of hydrogen-bond donors (Lipinski definition) is 3. The number of rotatable bonds is 5. The van der Waals surface area contributed by atoms with Crippen molar-refractivity contribution in [3.63, 3.8) is 0 Å². The fourth-order valence-corrected chi connectivity index (χ4v) is 3.47. The van der Waals surface area contributed by atoms with E-state index in [0.29, 0.717) is 33.3 Å². The van der Waals surface area contributed by atoms with Gasteiger partial charge in [-0.15, -0.1) is 0 Å². The monoisotopic (exact) mass is 422 g/mol. The summed E-state index contributed by atoms with van der Waals surface area (Å²) in [5, 5.41) is 16.7. The Balaban J connectivity index is 1.51. The lowest BCUT2D eigenvalue weighted by atomic mass is 9.99. The first kappa shape index (κ1) is 19.9. The molecule has 0 saturated carbocycles. The number of nitrogens with one attached hydrogen (secondary N) is 2. The van der Waals surface area contributed by atoms with Crippen LogP contribution >= 0.6 is 11.6 Å². The van der Waals surface area contributed by atoms with Crippen molar-refractivity contribution in [3.8, 4) is 5.75 Å². The van der Waals surface area contributed by atoms with Crippen LogP contribution in [0.1, 0.15) is 23.7 Å². The maximum Gasteiger partial charge on any atom is 0.266 e. The Labute approximate surface area is 178 Å². The van der Waals surface area contributed by atoms with E-state index < -0.39 is 18.1 Å². The number of fused-ring (bicyclic) bond motifs is 1. The molecule has 1 aliphatic rings. The summed E-state index contributed by atoms with van der Waals surface area (Å²) in [7, 11) is 0. The third-order valence-electron chi connectivity index (χ3n) is 4.77.